The Morgan fingerprint density at radius 2 is 2.12 bits per heavy atom. The molecular formula is C12H22N2O2. The van der Waals surface area contributed by atoms with Crippen LogP contribution in [0.1, 0.15) is 33.6 Å². The first-order chi connectivity index (χ1) is 7.32. The summed E-state index contributed by atoms with van der Waals surface area (Å²) < 4.78 is 0. The molecule has 4 N–H and O–H groups in total. The smallest absolute Gasteiger partial charge is 0.238 e. The van der Waals surface area contributed by atoms with Crippen molar-refractivity contribution in [2.45, 2.75) is 45.7 Å². The van der Waals surface area contributed by atoms with Crippen LogP contribution in [0, 0.1) is 17.8 Å². The molecule has 4 nitrogen and oxygen atoms in total. The zero-order valence-electron chi connectivity index (χ0n) is 10.3. The highest BCUT2D eigenvalue weighted by atomic mass is 16.3. The molecule has 0 saturated heterocycles. The number of amides is 1. The highest BCUT2D eigenvalue weighted by Gasteiger charge is 2.27. The van der Waals surface area contributed by atoms with E-state index in [1.807, 2.05) is 20.8 Å². The zero-order valence-corrected chi connectivity index (χ0v) is 10.3. The molecule has 0 aromatic heterocycles. The Morgan fingerprint density at radius 1 is 1.56 bits per heavy atom. The minimum absolute atomic E-state index is 0.0343. The van der Waals surface area contributed by atoms with Crippen molar-refractivity contribution in [1.82, 2.24) is 5.32 Å². The summed E-state index contributed by atoms with van der Waals surface area (Å²) in [6.45, 7) is 6.04. The summed E-state index contributed by atoms with van der Waals surface area (Å²) in [5.74, 6) is 2.10. The van der Waals surface area contributed by atoms with Crippen LogP contribution in [0.25, 0.3) is 0 Å². The first kappa shape index (κ1) is 14.9. The number of carbonyl (C=O) groups excluding carboxylic acids is 1. The minimum Gasteiger partial charge on any atom is -0.396 e. The first-order valence-electron chi connectivity index (χ1n) is 5.43. The van der Waals surface area contributed by atoms with Crippen LogP contribution in [-0.2, 0) is 4.79 Å². The lowest BCUT2D eigenvalue weighted by molar-refractivity contribution is -0.123. The third-order valence-corrected chi connectivity index (χ3v) is 2.45. The average Bonchev–Trinajstić information content (AvgIpc) is 2.15. The van der Waals surface area contributed by atoms with Crippen LogP contribution in [0.4, 0.5) is 0 Å². The largest absolute Gasteiger partial charge is 0.396 e. The monoisotopic (exact) mass is 226 g/mol. The topological polar surface area (TPSA) is 75.4 Å². The minimum atomic E-state index is -0.673. The summed E-state index contributed by atoms with van der Waals surface area (Å²) in [7, 11) is 0. The van der Waals surface area contributed by atoms with Crippen LogP contribution in [-0.4, -0.2) is 29.7 Å². The van der Waals surface area contributed by atoms with Crippen LogP contribution < -0.4 is 11.1 Å². The molecule has 16 heavy (non-hydrogen) atoms. The molecule has 0 bridgehead atoms. The fraction of sp³-hybridized carbons (Fsp3) is 0.750. The van der Waals surface area contributed by atoms with Crippen molar-refractivity contribution in [1.29, 1.82) is 0 Å². The summed E-state index contributed by atoms with van der Waals surface area (Å²) in [5.41, 5.74) is 5.48. The maximum absolute atomic E-state index is 11.7. The van der Waals surface area contributed by atoms with Crippen LogP contribution >= 0.6 is 0 Å². The Balaban J connectivity index is 4.41. The molecule has 0 aliphatic rings. The molecule has 0 heterocycles. The molecule has 1 amide bonds. The van der Waals surface area contributed by atoms with E-state index in [2.05, 4.69) is 11.2 Å². The van der Waals surface area contributed by atoms with Crippen molar-refractivity contribution in [3.8, 4) is 12.3 Å². The number of terminal acetylenes is 1. The van der Waals surface area contributed by atoms with E-state index in [0.717, 1.165) is 0 Å². The van der Waals surface area contributed by atoms with Gasteiger partial charge in [0.15, 0.2) is 0 Å². The lowest BCUT2D eigenvalue weighted by Gasteiger charge is -2.31. The van der Waals surface area contributed by atoms with Gasteiger partial charge in [-0.05, 0) is 11.8 Å². The highest BCUT2D eigenvalue weighted by molar-refractivity contribution is 5.82. The van der Waals surface area contributed by atoms with Crippen LogP contribution in [0.5, 0.6) is 0 Å². The van der Waals surface area contributed by atoms with Crippen molar-refractivity contribution in [3.63, 3.8) is 0 Å². The quantitative estimate of drug-likeness (QED) is 0.588. The Kier molecular flexibility index (Phi) is 6.09. The fourth-order valence-corrected chi connectivity index (χ4v) is 1.35. The van der Waals surface area contributed by atoms with Gasteiger partial charge < -0.3 is 16.2 Å². The number of aliphatic hydroxyl groups excluding tert-OH is 1. The lowest BCUT2D eigenvalue weighted by Crippen LogP contribution is -2.50. The van der Waals surface area contributed by atoms with Crippen molar-refractivity contribution in [2.75, 3.05) is 6.61 Å². The summed E-state index contributed by atoms with van der Waals surface area (Å²) in [4.78, 5) is 11.7. The van der Waals surface area contributed by atoms with Crippen LogP contribution in [0.3, 0.4) is 0 Å². The average molecular weight is 226 g/mol. The maximum Gasteiger partial charge on any atom is 0.238 e. The third-order valence-electron chi connectivity index (χ3n) is 2.45. The van der Waals surface area contributed by atoms with E-state index >= 15 is 0 Å². The highest BCUT2D eigenvalue weighted by Crippen LogP contribution is 2.21. The fourth-order valence-electron chi connectivity index (χ4n) is 1.35. The molecule has 0 fully saturated rings. The summed E-state index contributed by atoms with van der Waals surface area (Å²) >= 11 is 0. The summed E-state index contributed by atoms with van der Waals surface area (Å²) in [5, 5.41) is 11.8. The second-order valence-electron chi connectivity index (χ2n) is 4.95. The van der Waals surface area contributed by atoms with Gasteiger partial charge in [-0.3, -0.25) is 4.79 Å². The maximum atomic E-state index is 11.7. The van der Waals surface area contributed by atoms with Gasteiger partial charge in [0.2, 0.25) is 5.91 Å². The van der Waals surface area contributed by atoms with Crippen LogP contribution in [0.2, 0.25) is 0 Å². The van der Waals surface area contributed by atoms with E-state index in [4.69, 9.17) is 17.3 Å². The molecule has 0 aromatic rings. The molecule has 0 radical (unpaired) electrons. The van der Waals surface area contributed by atoms with Gasteiger partial charge in [0, 0.05) is 19.1 Å². The molecule has 2 unspecified atom stereocenters. The van der Waals surface area contributed by atoms with Gasteiger partial charge in [0.05, 0.1) is 6.04 Å². The molecular weight excluding hydrogens is 204 g/mol. The predicted molar refractivity (Wildman–Crippen MR) is 64.5 cm³/mol. The molecule has 2 atom stereocenters. The van der Waals surface area contributed by atoms with E-state index in [9.17, 15) is 4.79 Å². The molecule has 0 aromatic carbocycles. The number of rotatable bonds is 5. The number of aliphatic hydroxyl groups is 1. The molecule has 92 valence electrons. The molecule has 4 heteroatoms. The lowest BCUT2D eigenvalue weighted by atomic mass is 9.84. The molecule has 0 spiro atoms. The number of hydrogen-bond donors (Lipinski definition) is 3. The number of nitrogens with two attached hydrogens (primary N) is 1. The Hall–Kier alpha value is -1.05. The Morgan fingerprint density at radius 3 is 2.50 bits per heavy atom. The number of hydrogen-bond acceptors (Lipinski definition) is 3. The standard InChI is InChI=1S/C12H22N2O2/c1-5-6-9(13)11(16)14-10(7-8-15)12(2,3)4/h1,9-10,15H,6-8,13H2,2-4H3,(H,14,16). The van der Waals surface area contributed by atoms with Crippen molar-refractivity contribution < 1.29 is 9.90 Å². The molecule has 0 saturated carbocycles. The van der Waals surface area contributed by atoms with E-state index in [1.165, 1.54) is 0 Å². The van der Waals surface area contributed by atoms with Gasteiger partial charge in [-0.1, -0.05) is 20.8 Å². The normalized spacial score (nSPS) is 15.0. The first-order valence-corrected chi connectivity index (χ1v) is 5.43. The molecule has 0 aliphatic carbocycles. The van der Waals surface area contributed by atoms with Gasteiger partial charge in [-0.15, -0.1) is 12.3 Å². The van der Waals surface area contributed by atoms with Crippen LogP contribution in [0.15, 0.2) is 0 Å². The molecule has 0 aliphatic heterocycles. The van der Waals surface area contributed by atoms with Crippen molar-refractivity contribution in [2.24, 2.45) is 11.1 Å². The number of carbonyl (C=O) groups is 1. The van der Waals surface area contributed by atoms with Gasteiger partial charge in [-0.25, -0.2) is 0 Å². The van der Waals surface area contributed by atoms with E-state index in [0.29, 0.717) is 6.42 Å². The second kappa shape index (κ2) is 6.51. The van der Waals surface area contributed by atoms with E-state index in [-0.39, 0.29) is 30.4 Å². The summed E-state index contributed by atoms with van der Waals surface area (Å²) in [6, 6.07) is -0.776. The van der Waals surface area contributed by atoms with Crippen molar-refractivity contribution >= 4 is 5.91 Å². The summed E-state index contributed by atoms with van der Waals surface area (Å²) in [6.07, 6.45) is 5.83. The second-order valence-corrected chi connectivity index (χ2v) is 4.95. The zero-order chi connectivity index (χ0) is 12.8. The molecule has 0 rings (SSSR count). The van der Waals surface area contributed by atoms with E-state index < -0.39 is 6.04 Å². The Bertz CT molecular complexity index is 263. The predicted octanol–water partition coefficient (Wildman–Crippen LogP) is 0.250. The van der Waals surface area contributed by atoms with Gasteiger partial charge in [0.25, 0.3) is 0 Å². The SMILES string of the molecule is C#CCC(N)C(=O)NC(CCO)C(C)(C)C. The van der Waals surface area contributed by atoms with Gasteiger partial charge in [0.1, 0.15) is 0 Å². The van der Waals surface area contributed by atoms with Gasteiger partial charge >= 0.3 is 0 Å². The Labute approximate surface area is 97.6 Å². The number of nitrogens with one attached hydrogen (secondary N) is 1. The van der Waals surface area contributed by atoms with Gasteiger partial charge in [-0.2, -0.15) is 0 Å². The van der Waals surface area contributed by atoms with Crippen molar-refractivity contribution in [3.05, 3.63) is 0 Å². The van der Waals surface area contributed by atoms with E-state index in [1.54, 1.807) is 0 Å². The third kappa shape index (κ3) is 5.15.